The van der Waals surface area contributed by atoms with Crippen LogP contribution in [0.1, 0.15) is 19.3 Å². The molecule has 6 heteroatoms. The standard InChI is InChI=1S/C10H25NO3SSi/c1-12-16(13-2,14-3)10-6-8-11-7-4-5-9-15/h11,15H,4-10H2,1-3H3. The van der Waals surface area contributed by atoms with E-state index in [1.54, 1.807) is 21.3 Å². The fourth-order valence-electron chi connectivity index (χ4n) is 1.47. The molecule has 0 saturated heterocycles. The van der Waals surface area contributed by atoms with Gasteiger partial charge in [-0.05, 0) is 38.1 Å². The monoisotopic (exact) mass is 267 g/mol. The van der Waals surface area contributed by atoms with Gasteiger partial charge in [-0.2, -0.15) is 12.6 Å². The van der Waals surface area contributed by atoms with Crippen molar-refractivity contribution in [1.82, 2.24) is 5.32 Å². The first-order valence-electron chi connectivity index (χ1n) is 5.71. The van der Waals surface area contributed by atoms with Crippen LogP contribution in [0, 0.1) is 0 Å². The molecule has 0 fully saturated rings. The molecule has 0 atom stereocenters. The SMILES string of the molecule is CO[Si](CCCNCCCCS)(OC)OC. The zero-order valence-corrected chi connectivity index (χ0v) is 12.5. The summed E-state index contributed by atoms with van der Waals surface area (Å²) < 4.78 is 16.0. The Balaban J connectivity index is 3.48. The van der Waals surface area contributed by atoms with Crippen LogP contribution in [0.25, 0.3) is 0 Å². The van der Waals surface area contributed by atoms with E-state index in [1.807, 2.05) is 0 Å². The number of thiol groups is 1. The summed E-state index contributed by atoms with van der Waals surface area (Å²) in [5.74, 6) is 0.967. The Morgan fingerprint density at radius 1 is 0.938 bits per heavy atom. The summed E-state index contributed by atoms with van der Waals surface area (Å²) in [5, 5.41) is 3.39. The van der Waals surface area contributed by atoms with Crippen LogP contribution >= 0.6 is 12.6 Å². The van der Waals surface area contributed by atoms with Crippen molar-refractivity contribution < 1.29 is 13.3 Å². The number of hydrogen-bond acceptors (Lipinski definition) is 5. The van der Waals surface area contributed by atoms with Crippen LogP contribution in [0.5, 0.6) is 0 Å². The van der Waals surface area contributed by atoms with Crippen LogP contribution < -0.4 is 5.32 Å². The van der Waals surface area contributed by atoms with E-state index in [1.165, 1.54) is 12.8 Å². The lowest BCUT2D eigenvalue weighted by Crippen LogP contribution is -2.43. The highest BCUT2D eigenvalue weighted by Crippen LogP contribution is 2.14. The van der Waals surface area contributed by atoms with Crippen LogP contribution in [0.3, 0.4) is 0 Å². The van der Waals surface area contributed by atoms with Crippen LogP contribution in [0.4, 0.5) is 0 Å². The van der Waals surface area contributed by atoms with Crippen molar-refractivity contribution in [3.63, 3.8) is 0 Å². The van der Waals surface area contributed by atoms with Gasteiger partial charge in [-0.25, -0.2) is 0 Å². The minimum Gasteiger partial charge on any atom is -0.377 e. The van der Waals surface area contributed by atoms with Crippen LogP contribution in [0.2, 0.25) is 6.04 Å². The van der Waals surface area contributed by atoms with Crippen molar-refractivity contribution >= 4 is 21.4 Å². The van der Waals surface area contributed by atoms with Crippen molar-refractivity contribution in [1.29, 1.82) is 0 Å². The molecule has 0 unspecified atom stereocenters. The average Bonchev–Trinajstić information content (AvgIpc) is 2.34. The first-order valence-corrected chi connectivity index (χ1v) is 8.28. The first kappa shape index (κ1) is 16.4. The molecule has 0 rings (SSSR count). The van der Waals surface area contributed by atoms with E-state index in [2.05, 4.69) is 17.9 Å². The van der Waals surface area contributed by atoms with Gasteiger partial charge in [0, 0.05) is 27.4 Å². The minimum absolute atomic E-state index is 0.857. The lowest BCUT2D eigenvalue weighted by molar-refractivity contribution is 0.123. The fraction of sp³-hybridized carbons (Fsp3) is 1.00. The maximum Gasteiger partial charge on any atom is 0.500 e. The Hall–Kier alpha value is 0.407. The zero-order valence-electron chi connectivity index (χ0n) is 10.6. The summed E-state index contributed by atoms with van der Waals surface area (Å²) in [6.07, 6.45) is 3.37. The highest BCUT2D eigenvalue weighted by Gasteiger charge is 2.36. The predicted molar refractivity (Wildman–Crippen MR) is 72.2 cm³/mol. The summed E-state index contributed by atoms with van der Waals surface area (Å²) in [6.45, 7) is 2.04. The Bertz CT molecular complexity index is 151. The van der Waals surface area contributed by atoms with Gasteiger partial charge in [0.05, 0.1) is 0 Å². The van der Waals surface area contributed by atoms with E-state index < -0.39 is 8.80 Å². The van der Waals surface area contributed by atoms with Gasteiger partial charge in [0.15, 0.2) is 0 Å². The molecule has 0 saturated carbocycles. The van der Waals surface area contributed by atoms with Gasteiger partial charge in [-0.1, -0.05) is 0 Å². The molecule has 98 valence electrons. The predicted octanol–water partition coefficient (Wildman–Crippen LogP) is 1.55. The number of hydrogen-bond donors (Lipinski definition) is 2. The molecule has 0 aromatic heterocycles. The van der Waals surface area contributed by atoms with E-state index in [-0.39, 0.29) is 0 Å². The smallest absolute Gasteiger partial charge is 0.377 e. The van der Waals surface area contributed by atoms with Crippen LogP contribution in [-0.2, 0) is 13.3 Å². The highest BCUT2D eigenvalue weighted by atomic mass is 32.1. The van der Waals surface area contributed by atoms with Gasteiger partial charge in [0.25, 0.3) is 0 Å². The molecular weight excluding hydrogens is 242 g/mol. The topological polar surface area (TPSA) is 39.7 Å². The Morgan fingerprint density at radius 3 is 2.00 bits per heavy atom. The second kappa shape index (κ2) is 10.6. The summed E-state index contributed by atoms with van der Waals surface area (Å²) >= 11 is 4.17. The van der Waals surface area contributed by atoms with Crippen molar-refractivity contribution in [2.75, 3.05) is 40.2 Å². The second-order valence-corrected chi connectivity index (χ2v) is 7.12. The first-order chi connectivity index (χ1) is 7.74. The molecule has 0 aromatic rings. The molecule has 0 aliphatic carbocycles. The van der Waals surface area contributed by atoms with Crippen molar-refractivity contribution in [2.45, 2.75) is 25.3 Å². The molecule has 0 aromatic carbocycles. The summed E-state index contributed by atoms with van der Waals surface area (Å²) in [7, 11) is 2.61. The average molecular weight is 267 g/mol. The third kappa shape index (κ3) is 6.88. The molecule has 0 radical (unpaired) electrons. The molecule has 1 N–H and O–H groups in total. The van der Waals surface area contributed by atoms with E-state index in [9.17, 15) is 0 Å². The summed E-state index contributed by atoms with van der Waals surface area (Å²) in [4.78, 5) is 0. The maximum atomic E-state index is 5.34. The van der Waals surface area contributed by atoms with Gasteiger partial charge >= 0.3 is 8.80 Å². The number of nitrogens with one attached hydrogen (secondary N) is 1. The van der Waals surface area contributed by atoms with Gasteiger partial charge in [-0.15, -0.1) is 0 Å². The molecule has 0 heterocycles. The van der Waals surface area contributed by atoms with Crippen LogP contribution in [-0.4, -0.2) is 49.0 Å². The van der Waals surface area contributed by atoms with Gasteiger partial charge in [-0.3, -0.25) is 0 Å². The van der Waals surface area contributed by atoms with Crippen LogP contribution in [0.15, 0.2) is 0 Å². The Labute approximate surface area is 106 Å². The molecule has 0 aliphatic rings. The molecular formula is C10H25NO3SSi. The number of rotatable bonds is 11. The molecule has 0 bridgehead atoms. The van der Waals surface area contributed by atoms with Crippen molar-refractivity contribution in [3.8, 4) is 0 Å². The second-order valence-electron chi connectivity index (χ2n) is 3.58. The van der Waals surface area contributed by atoms with Crippen molar-refractivity contribution in [2.24, 2.45) is 0 Å². The Morgan fingerprint density at radius 2 is 1.50 bits per heavy atom. The summed E-state index contributed by atoms with van der Waals surface area (Å²) in [5.41, 5.74) is 0. The van der Waals surface area contributed by atoms with Gasteiger partial charge in [0.1, 0.15) is 0 Å². The van der Waals surface area contributed by atoms with Crippen molar-refractivity contribution in [3.05, 3.63) is 0 Å². The minimum atomic E-state index is -2.34. The maximum absolute atomic E-state index is 5.34. The normalized spacial score (nSPS) is 12.0. The fourth-order valence-corrected chi connectivity index (χ4v) is 3.42. The quantitative estimate of drug-likeness (QED) is 0.338. The molecule has 0 amide bonds. The Kier molecular flexibility index (Phi) is 10.8. The molecule has 0 aliphatic heterocycles. The van der Waals surface area contributed by atoms with E-state index in [4.69, 9.17) is 13.3 Å². The third-order valence-corrected chi connectivity index (χ3v) is 5.68. The largest absolute Gasteiger partial charge is 0.500 e. The molecule has 16 heavy (non-hydrogen) atoms. The van der Waals surface area contributed by atoms with Gasteiger partial charge in [0.2, 0.25) is 0 Å². The zero-order chi connectivity index (χ0) is 12.3. The molecule has 4 nitrogen and oxygen atoms in total. The summed E-state index contributed by atoms with van der Waals surface area (Å²) in [6, 6.07) is 0.857. The lowest BCUT2D eigenvalue weighted by Gasteiger charge is -2.24. The van der Waals surface area contributed by atoms with E-state index in [0.29, 0.717) is 0 Å². The number of unbranched alkanes of at least 4 members (excludes halogenated alkanes) is 1. The molecule has 0 spiro atoms. The van der Waals surface area contributed by atoms with E-state index in [0.717, 1.165) is 31.3 Å². The van der Waals surface area contributed by atoms with Gasteiger partial charge < -0.3 is 18.6 Å². The highest BCUT2D eigenvalue weighted by molar-refractivity contribution is 7.80. The third-order valence-electron chi connectivity index (χ3n) is 2.53. The lowest BCUT2D eigenvalue weighted by atomic mass is 10.3. The van der Waals surface area contributed by atoms with E-state index >= 15 is 0 Å².